The maximum absolute atomic E-state index is 5.08. The number of rotatable bonds is 7. The minimum Gasteiger partial charge on any atom is -0.385 e. The molecule has 1 unspecified atom stereocenters. The van der Waals surface area contributed by atoms with Gasteiger partial charge in [0.2, 0.25) is 0 Å². The van der Waals surface area contributed by atoms with Crippen molar-refractivity contribution in [3.8, 4) is 0 Å². The van der Waals surface area contributed by atoms with Crippen molar-refractivity contribution >= 4 is 11.3 Å². The monoisotopic (exact) mass is 265 g/mol. The van der Waals surface area contributed by atoms with Crippen LogP contribution in [0.5, 0.6) is 0 Å². The first-order valence-corrected chi connectivity index (χ1v) is 7.01. The Morgan fingerprint density at radius 3 is 3.06 bits per heavy atom. The second-order valence-corrected chi connectivity index (χ2v) is 4.88. The molecule has 0 amide bonds. The molecule has 0 bridgehead atoms. The lowest BCUT2D eigenvalue weighted by molar-refractivity contribution is 0.188. The van der Waals surface area contributed by atoms with Crippen molar-refractivity contribution in [1.29, 1.82) is 0 Å². The van der Waals surface area contributed by atoms with Crippen LogP contribution >= 0.6 is 11.3 Å². The highest BCUT2D eigenvalue weighted by atomic mass is 32.1. The van der Waals surface area contributed by atoms with Gasteiger partial charge >= 0.3 is 0 Å². The molecule has 0 spiro atoms. The SMILES string of the molecule is CNC(c1ccsc1)c1ccnn1CCCOC. The highest BCUT2D eigenvalue weighted by Gasteiger charge is 2.16. The van der Waals surface area contributed by atoms with Crippen LogP contribution in [0, 0.1) is 0 Å². The number of ether oxygens (including phenoxy) is 1. The van der Waals surface area contributed by atoms with Crippen molar-refractivity contribution in [1.82, 2.24) is 15.1 Å². The Bertz CT molecular complexity index is 453. The van der Waals surface area contributed by atoms with E-state index < -0.39 is 0 Å². The molecule has 5 heteroatoms. The van der Waals surface area contributed by atoms with Gasteiger partial charge in [-0.1, -0.05) is 0 Å². The van der Waals surface area contributed by atoms with Crippen molar-refractivity contribution < 1.29 is 4.74 Å². The number of methoxy groups -OCH3 is 1. The Morgan fingerprint density at radius 2 is 2.39 bits per heavy atom. The van der Waals surface area contributed by atoms with E-state index in [9.17, 15) is 0 Å². The summed E-state index contributed by atoms with van der Waals surface area (Å²) in [4.78, 5) is 0. The summed E-state index contributed by atoms with van der Waals surface area (Å²) in [6.07, 6.45) is 2.84. The Hall–Kier alpha value is -1.17. The molecule has 0 aliphatic carbocycles. The molecule has 0 aliphatic rings. The molecular weight excluding hydrogens is 246 g/mol. The smallest absolute Gasteiger partial charge is 0.0753 e. The standard InChI is InChI=1S/C13H19N3OS/c1-14-13(11-5-9-18-10-11)12-4-6-15-16(12)7-3-8-17-2/h4-6,9-10,13-14H,3,7-8H2,1-2H3. The number of hydrogen-bond donors (Lipinski definition) is 1. The summed E-state index contributed by atoms with van der Waals surface area (Å²) in [5, 5.41) is 12.0. The van der Waals surface area contributed by atoms with Gasteiger partial charge in [0.15, 0.2) is 0 Å². The second-order valence-electron chi connectivity index (χ2n) is 4.10. The average molecular weight is 265 g/mol. The van der Waals surface area contributed by atoms with Gasteiger partial charge in [-0.05, 0) is 41.9 Å². The van der Waals surface area contributed by atoms with E-state index >= 15 is 0 Å². The van der Waals surface area contributed by atoms with Gasteiger partial charge in [-0.2, -0.15) is 16.4 Å². The number of nitrogens with one attached hydrogen (secondary N) is 1. The average Bonchev–Trinajstić information content (AvgIpc) is 3.03. The fourth-order valence-electron chi connectivity index (χ4n) is 2.06. The highest BCUT2D eigenvalue weighted by Crippen LogP contribution is 2.23. The van der Waals surface area contributed by atoms with E-state index in [1.54, 1.807) is 18.4 Å². The van der Waals surface area contributed by atoms with Gasteiger partial charge in [-0.25, -0.2) is 0 Å². The van der Waals surface area contributed by atoms with Crippen LogP contribution in [0.2, 0.25) is 0 Å². The topological polar surface area (TPSA) is 39.1 Å². The molecule has 0 saturated heterocycles. The van der Waals surface area contributed by atoms with Gasteiger partial charge in [0.1, 0.15) is 0 Å². The van der Waals surface area contributed by atoms with E-state index in [1.807, 2.05) is 13.2 Å². The number of thiophene rings is 1. The summed E-state index contributed by atoms with van der Waals surface area (Å²) in [7, 11) is 3.71. The van der Waals surface area contributed by atoms with E-state index in [0.717, 1.165) is 19.6 Å². The van der Waals surface area contributed by atoms with E-state index in [-0.39, 0.29) is 6.04 Å². The predicted molar refractivity (Wildman–Crippen MR) is 73.9 cm³/mol. The van der Waals surface area contributed by atoms with Crippen LogP contribution in [0.25, 0.3) is 0 Å². The van der Waals surface area contributed by atoms with Crippen LogP contribution < -0.4 is 5.32 Å². The molecule has 2 aromatic heterocycles. The lowest BCUT2D eigenvalue weighted by Crippen LogP contribution is -2.21. The molecule has 0 aliphatic heterocycles. The van der Waals surface area contributed by atoms with Crippen LogP contribution in [-0.2, 0) is 11.3 Å². The van der Waals surface area contributed by atoms with Crippen LogP contribution in [-0.4, -0.2) is 30.5 Å². The minimum absolute atomic E-state index is 0.210. The number of hydrogen-bond acceptors (Lipinski definition) is 4. The molecule has 1 N–H and O–H groups in total. The number of aromatic nitrogens is 2. The number of aryl methyl sites for hydroxylation is 1. The minimum atomic E-state index is 0.210. The summed E-state index contributed by atoms with van der Waals surface area (Å²) >= 11 is 1.72. The summed E-state index contributed by atoms with van der Waals surface area (Å²) in [5.74, 6) is 0. The maximum Gasteiger partial charge on any atom is 0.0753 e. The van der Waals surface area contributed by atoms with Crippen molar-refractivity contribution in [2.75, 3.05) is 20.8 Å². The van der Waals surface area contributed by atoms with Gasteiger partial charge in [0, 0.05) is 26.5 Å². The molecule has 18 heavy (non-hydrogen) atoms. The molecule has 2 rings (SSSR count). The second kappa shape index (κ2) is 6.68. The highest BCUT2D eigenvalue weighted by molar-refractivity contribution is 7.08. The molecule has 0 radical (unpaired) electrons. The fraction of sp³-hybridized carbons (Fsp3) is 0.462. The quantitative estimate of drug-likeness (QED) is 0.781. The Balaban J connectivity index is 2.13. The van der Waals surface area contributed by atoms with Crippen molar-refractivity contribution in [2.24, 2.45) is 0 Å². The van der Waals surface area contributed by atoms with Crippen molar-refractivity contribution in [3.63, 3.8) is 0 Å². The van der Waals surface area contributed by atoms with Crippen LogP contribution in [0.3, 0.4) is 0 Å². The Labute approximate surface area is 112 Å². The third kappa shape index (κ3) is 2.98. The van der Waals surface area contributed by atoms with E-state index in [2.05, 4.69) is 38.0 Å². The van der Waals surface area contributed by atoms with Gasteiger partial charge in [0.25, 0.3) is 0 Å². The lowest BCUT2D eigenvalue weighted by atomic mass is 10.1. The van der Waals surface area contributed by atoms with Crippen molar-refractivity contribution in [2.45, 2.75) is 19.0 Å². The van der Waals surface area contributed by atoms with Crippen LogP contribution in [0.1, 0.15) is 23.7 Å². The van der Waals surface area contributed by atoms with E-state index in [4.69, 9.17) is 4.74 Å². The third-order valence-corrected chi connectivity index (χ3v) is 3.63. The molecule has 1 atom stereocenters. The van der Waals surface area contributed by atoms with Crippen molar-refractivity contribution in [3.05, 3.63) is 40.3 Å². The van der Waals surface area contributed by atoms with Gasteiger partial charge < -0.3 is 10.1 Å². The molecule has 4 nitrogen and oxygen atoms in total. The number of nitrogens with zero attached hydrogens (tertiary/aromatic N) is 2. The molecule has 98 valence electrons. The normalized spacial score (nSPS) is 12.8. The fourth-order valence-corrected chi connectivity index (χ4v) is 2.74. The summed E-state index contributed by atoms with van der Waals surface area (Å²) in [5.41, 5.74) is 2.49. The maximum atomic E-state index is 5.08. The lowest BCUT2D eigenvalue weighted by Gasteiger charge is -2.17. The molecule has 2 heterocycles. The largest absolute Gasteiger partial charge is 0.385 e. The van der Waals surface area contributed by atoms with Gasteiger partial charge in [-0.15, -0.1) is 0 Å². The van der Waals surface area contributed by atoms with E-state index in [1.165, 1.54) is 11.3 Å². The first-order chi connectivity index (χ1) is 8.86. The molecule has 0 saturated carbocycles. The predicted octanol–water partition coefficient (Wildman–Crippen LogP) is 2.29. The van der Waals surface area contributed by atoms with Gasteiger partial charge in [-0.3, -0.25) is 4.68 Å². The van der Waals surface area contributed by atoms with Crippen LogP contribution in [0.15, 0.2) is 29.1 Å². The zero-order valence-electron chi connectivity index (χ0n) is 10.8. The zero-order chi connectivity index (χ0) is 12.8. The summed E-state index contributed by atoms with van der Waals surface area (Å²) < 4.78 is 7.14. The molecule has 2 aromatic rings. The first kappa shape index (κ1) is 13.3. The zero-order valence-corrected chi connectivity index (χ0v) is 11.6. The van der Waals surface area contributed by atoms with Crippen LogP contribution in [0.4, 0.5) is 0 Å². The summed E-state index contributed by atoms with van der Waals surface area (Å²) in [6, 6.07) is 4.44. The molecular formula is C13H19N3OS. The third-order valence-electron chi connectivity index (χ3n) is 2.93. The summed E-state index contributed by atoms with van der Waals surface area (Å²) in [6.45, 7) is 1.65. The Morgan fingerprint density at radius 1 is 1.50 bits per heavy atom. The molecule has 0 fully saturated rings. The Kier molecular flexibility index (Phi) is 4.92. The van der Waals surface area contributed by atoms with E-state index in [0.29, 0.717) is 0 Å². The molecule has 0 aromatic carbocycles. The first-order valence-electron chi connectivity index (χ1n) is 6.07. The van der Waals surface area contributed by atoms with Gasteiger partial charge in [0.05, 0.1) is 11.7 Å².